The maximum atomic E-state index is 11.5. The van der Waals surface area contributed by atoms with Gasteiger partial charge in [0.2, 0.25) is 0 Å². The molecule has 0 aliphatic heterocycles. The van der Waals surface area contributed by atoms with E-state index in [1.54, 1.807) is 17.8 Å². The number of fused-ring (bicyclic) bond motifs is 1. The van der Waals surface area contributed by atoms with Crippen molar-refractivity contribution in [2.45, 2.75) is 0 Å². The topological polar surface area (TPSA) is 62.5 Å². The van der Waals surface area contributed by atoms with Gasteiger partial charge >= 0.3 is 0 Å². The monoisotopic (exact) mass is 225 g/mol. The zero-order valence-corrected chi connectivity index (χ0v) is 8.62. The Hall–Kier alpha value is -1.68. The van der Waals surface area contributed by atoms with Gasteiger partial charge in [0.1, 0.15) is 0 Å². The third kappa shape index (κ3) is 1.34. The number of phenolic OH excluding ortho intramolecular Hbond substituents is 2. The van der Waals surface area contributed by atoms with Crippen LogP contribution in [0, 0.1) is 0 Å². The predicted molar refractivity (Wildman–Crippen MR) is 57.5 cm³/mol. The van der Waals surface area contributed by atoms with Gasteiger partial charge in [0.15, 0.2) is 16.9 Å². The SMILES string of the molecule is Cn1ccc(=O)c2c(Cl)c(O)c(O)cc21. The van der Waals surface area contributed by atoms with Gasteiger partial charge in [-0.2, -0.15) is 0 Å². The number of hydrogen-bond donors (Lipinski definition) is 2. The number of nitrogens with zero attached hydrogens (tertiary/aromatic N) is 1. The molecule has 0 bridgehead atoms. The van der Waals surface area contributed by atoms with Crippen LogP contribution in [0.1, 0.15) is 0 Å². The summed E-state index contributed by atoms with van der Waals surface area (Å²) >= 11 is 5.79. The molecule has 1 aromatic carbocycles. The highest BCUT2D eigenvalue weighted by Crippen LogP contribution is 2.37. The van der Waals surface area contributed by atoms with Gasteiger partial charge in [-0.25, -0.2) is 0 Å². The fraction of sp³-hybridized carbons (Fsp3) is 0.100. The second-order valence-electron chi connectivity index (χ2n) is 3.24. The first-order valence-corrected chi connectivity index (χ1v) is 4.60. The van der Waals surface area contributed by atoms with Crippen LogP contribution in [0.4, 0.5) is 0 Å². The number of hydrogen-bond acceptors (Lipinski definition) is 3. The predicted octanol–water partition coefficient (Wildman–Crippen LogP) is 1.60. The summed E-state index contributed by atoms with van der Waals surface area (Å²) in [6.45, 7) is 0. The number of aryl methyl sites for hydroxylation is 1. The zero-order valence-electron chi connectivity index (χ0n) is 7.86. The fourth-order valence-corrected chi connectivity index (χ4v) is 1.76. The minimum absolute atomic E-state index is 0.119. The minimum atomic E-state index is -0.465. The molecular formula is C10H8ClNO3. The highest BCUT2D eigenvalue weighted by molar-refractivity contribution is 6.37. The molecule has 0 fully saturated rings. The molecular weight excluding hydrogens is 218 g/mol. The summed E-state index contributed by atoms with van der Waals surface area (Å²) in [5, 5.41) is 18.8. The molecule has 0 atom stereocenters. The highest BCUT2D eigenvalue weighted by Gasteiger charge is 2.13. The maximum absolute atomic E-state index is 11.5. The van der Waals surface area contributed by atoms with E-state index < -0.39 is 5.75 Å². The summed E-state index contributed by atoms with van der Waals surface area (Å²) in [5.74, 6) is -0.804. The van der Waals surface area contributed by atoms with Crippen LogP contribution in [0.5, 0.6) is 11.5 Å². The van der Waals surface area contributed by atoms with E-state index in [4.69, 9.17) is 11.6 Å². The van der Waals surface area contributed by atoms with Crippen LogP contribution in [0.15, 0.2) is 23.1 Å². The molecule has 0 aliphatic rings. The van der Waals surface area contributed by atoms with Crippen molar-refractivity contribution in [3.63, 3.8) is 0 Å². The molecule has 2 N–H and O–H groups in total. The van der Waals surface area contributed by atoms with Crippen molar-refractivity contribution in [2.24, 2.45) is 7.05 Å². The molecule has 0 aliphatic carbocycles. The Balaban J connectivity index is 3.11. The summed E-state index contributed by atoms with van der Waals surface area (Å²) in [6.07, 6.45) is 1.57. The molecule has 15 heavy (non-hydrogen) atoms. The zero-order chi connectivity index (χ0) is 11.2. The Morgan fingerprint density at radius 3 is 2.73 bits per heavy atom. The fourth-order valence-electron chi connectivity index (χ4n) is 1.47. The normalized spacial score (nSPS) is 10.8. The number of pyridine rings is 1. The summed E-state index contributed by atoms with van der Waals surface area (Å²) in [4.78, 5) is 11.5. The summed E-state index contributed by atoms with van der Waals surface area (Å²) in [6, 6.07) is 2.66. The van der Waals surface area contributed by atoms with E-state index in [1.807, 2.05) is 0 Å². The van der Waals surface area contributed by atoms with Crippen molar-refractivity contribution < 1.29 is 10.2 Å². The standard InChI is InChI=1S/C10H8ClNO3/c1-12-3-2-6(13)8-5(12)4-7(14)10(15)9(8)11/h2-4,14-15H,1H3. The molecule has 0 amide bonds. The van der Waals surface area contributed by atoms with Gasteiger partial charge in [0, 0.05) is 25.4 Å². The lowest BCUT2D eigenvalue weighted by molar-refractivity contribution is 0.405. The molecule has 1 aromatic heterocycles. The number of benzene rings is 1. The average Bonchev–Trinajstić information content (AvgIpc) is 2.20. The third-order valence-corrected chi connectivity index (χ3v) is 2.64. The molecule has 0 unspecified atom stereocenters. The average molecular weight is 226 g/mol. The van der Waals surface area contributed by atoms with Gasteiger partial charge in [0.25, 0.3) is 0 Å². The number of rotatable bonds is 0. The van der Waals surface area contributed by atoms with Gasteiger partial charge in [-0.3, -0.25) is 4.79 Å². The Kier molecular flexibility index (Phi) is 2.08. The molecule has 0 saturated heterocycles. The lowest BCUT2D eigenvalue weighted by atomic mass is 10.2. The maximum Gasteiger partial charge on any atom is 0.191 e. The summed E-state index contributed by atoms with van der Waals surface area (Å²) in [5.41, 5.74) is 0.186. The lowest BCUT2D eigenvalue weighted by Crippen LogP contribution is -2.05. The van der Waals surface area contributed by atoms with Gasteiger partial charge < -0.3 is 14.8 Å². The van der Waals surface area contributed by atoms with Crippen LogP contribution < -0.4 is 5.43 Å². The number of phenols is 2. The quantitative estimate of drug-likeness (QED) is 0.670. The number of aromatic hydroxyl groups is 2. The van der Waals surface area contributed by atoms with Crippen molar-refractivity contribution in [1.29, 1.82) is 0 Å². The Morgan fingerprint density at radius 1 is 1.40 bits per heavy atom. The van der Waals surface area contributed by atoms with Crippen LogP contribution in [0.25, 0.3) is 10.9 Å². The van der Waals surface area contributed by atoms with E-state index in [-0.39, 0.29) is 21.6 Å². The van der Waals surface area contributed by atoms with E-state index in [0.717, 1.165) is 0 Å². The van der Waals surface area contributed by atoms with E-state index in [2.05, 4.69) is 0 Å². The van der Waals surface area contributed by atoms with E-state index >= 15 is 0 Å². The third-order valence-electron chi connectivity index (χ3n) is 2.28. The first-order chi connectivity index (χ1) is 7.02. The van der Waals surface area contributed by atoms with Crippen molar-refractivity contribution in [3.8, 4) is 11.5 Å². The molecule has 5 heteroatoms. The highest BCUT2D eigenvalue weighted by atomic mass is 35.5. The van der Waals surface area contributed by atoms with Crippen LogP contribution in [0.3, 0.4) is 0 Å². The van der Waals surface area contributed by atoms with E-state index in [9.17, 15) is 15.0 Å². The van der Waals surface area contributed by atoms with E-state index in [0.29, 0.717) is 5.52 Å². The summed E-state index contributed by atoms with van der Waals surface area (Å²) in [7, 11) is 1.72. The molecule has 4 nitrogen and oxygen atoms in total. The molecule has 2 rings (SSSR count). The van der Waals surface area contributed by atoms with Crippen LogP contribution in [-0.4, -0.2) is 14.8 Å². The molecule has 0 radical (unpaired) electrons. The molecule has 78 valence electrons. The van der Waals surface area contributed by atoms with Crippen LogP contribution in [0.2, 0.25) is 5.02 Å². The second kappa shape index (κ2) is 3.17. The molecule has 1 heterocycles. The van der Waals surface area contributed by atoms with Crippen molar-refractivity contribution in [2.75, 3.05) is 0 Å². The van der Waals surface area contributed by atoms with Crippen molar-refractivity contribution >= 4 is 22.5 Å². The molecule has 0 saturated carbocycles. The first-order valence-electron chi connectivity index (χ1n) is 4.22. The van der Waals surface area contributed by atoms with Gasteiger partial charge in [-0.15, -0.1) is 0 Å². The smallest absolute Gasteiger partial charge is 0.191 e. The van der Waals surface area contributed by atoms with Crippen LogP contribution >= 0.6 is 11.6 Å². The molecule has 0 spiro atoms. The Labute approximate surface area is 90.0 Å². The van der Waals surface area contributed by atoms with Crippen molar-refractivity contribution in [1.82, 2.24) is 4.57 Å². The Bertz CT molecular complexity index is 604. The Morgan fingerprint density at radius 2 is 2.07 bits per heavy atom. The van der Waals surface area contributed by atoms with Gasteiger partial charge in [-0.1, -0.05) is 11.6 Å². The summed E-state index contributed by atoms with van der Waals surface area (Å²) < 4.78 is 1.64. The number of aromatic nitrogens is 1. The van der Waals surface area contributed by atoms with Gasteiger partial charge in [0.05, 0.1) is 15.9 Å². The van der Waals surface area contributed by atoms with E-state index in [1.165, 1.54) is 12.1 Å². The second-order valence-corrected chi connectivity index (χ2v) is 3.62. The minimum Gasteiger partial charge on any atom is -0.504 e. The van der Waals surface area contributed by atoms with Crippen LogP contribution in [-0.2, 0) is 7.05 Å². The molecule has 2 aromatic rings. The number of halogens is 1. The van der Waals surface area contributed by atoms with Crippen molar-refractivity contribution in [3.05, 3.63) is 33.6 Å². The largest absolute Gasteiger partial charge is 0.504 e. The van der Waals surface area contributed by atoms with Gasteiger partial charge in [-0.05, 0) is 0 Å². The lowest BCUT2D eigenvalue weighted by Gasteiger charge is -2.08. The first kappa shape index (κ1) is 9.86.